The minimum atomic E-state index is -2.56. The van der Waals surface area contributed by atoms with Crippen molar-refractivity contribution in [2.24, 2.45) is 5.50 Å². The average molecular weight is 165 g/mol. The van der Waals surface area contributed by atoms with E-state index in [-0.39, 0.29) is 0 Å². The first kappa shape index (κ1) is 9.00. The van der Waals surface area contributed by atoms with E-state index in [1.807, 2.05) is 0 Å². The number of rotatable bonds is 3. The molecule has 6 nitrogen and oxygen atoms in total. The number of nitrogens with two attached hydrogens (primary N) is 1. The molecule has 4 N–H and O–H groups in total. The van der Waals surface area contributed by atoms with E-state index in [0.29, 0.717) is 0 Å². The van der Waals surface area contributed by atoms with Crippen LogP contribution in [0.3, 0.4) is 0 Å². The normalized spacial score (nSPS) is 12.1. The van der Waals surface area contributed by atoms with E-state index in [1.54, 1.807) is 0 Å². The van der Waals surface area contributed by atoms with Crippen molar-refractivity contribution >= 4 is 25.3 Å². The van der Waals surface area contributed by atoms with Gasteiger partial charge in [-0.05, 0) is 0 Å². The summed E-state index contributed by atoms with van der Waals surface area (Å²) in [5, 5.41) is 15.9. The summed E-state index contributed by atoms with van der Waals surface area (Å²) in [4.78, 5) is 29.8. The summed E-state index contributed by atoms with van der Waals surface area (Å²) in [5.41, 5.74) is 1.66. The average Bonchev–Trinajstić information content (AvgIpc) is 1.84. The smallest absolute Gasteiger partial charge is 0.378 e. The van der Waals surface area contributed by atoms with E-state index in [1.165, 1.54) is 0 Å². The van der Waals surface area contributed by atoms with Crippen LogP contribution in [-0.2, 0) is 9.59 Å². The fraction of sp³-hybridized carbons (Fsp3) is 0. The molecule has 1 unspecified atom stereocenters. The molecular formula is C3H4NO5P. The zero-order valence-corrected chi connectivity index (χ0v) is 5.54. The summed E-state index contributed by atoms with van der Waals surface area (Å²) < 4.78 is 0. The largest absolute Gasteiger partial charge is 0.477 e. The predicted molar refractivity (Wildman–Crippen MR) is 31.8 cm³/mol. The van der Waals surface area contributed by atoms with E-state index in [4.69, 9.17) is 15.7 Å². The fourth-order valence-corrected chi connectivity index (χ4v) is 0.570. The molecule has 0 aliphatic rings. The molecule has 0 aromatic carbocycles. The Morgan fingerprint density at radius 3 is 1.70 bits per heavy atom. The fourth-order valence-electron chi connectivity index (χ4n) is 0.190. The second-order valence-electron chi connectivity index (χ2n) is 1.26. The lowest BCUT2D eigenvalue weighted by atomic mass is 10.8. The molecule has 0 aromatic heterocycles. The van der Waals surface area contributed by atoms with Crippen LogP contribution in [0.15, 0.2) is 0 Å². The molecule has 0 aliphatic carbocycles. The standard InChI is InChI=1S/C3H4NO5P/c4-10(3(8)9)2(7)1(5)6/h4H2,(H,5,6)(H,8,9). The lowest BCUT2D eigenvalue weighted by Gasteiger charge is -1.97. The van der Waals surface area contributed by atoms with Crippen molar-refractivity contribution in [3.05, 3.63) is 0 Å². The van der Waals surface area contributed by atoms with Crippen LogP contribution in [0.2, 0.25) is 0 Å². The van der Waals surface area contributed by atoms with Gasteiger partial charge in [-0.25, -0.2) is 9.59 Å². The monoisotopic (exact) mass is 165 g/mol. The Labute approximate surface area is 56.4 Å². The molecule has 0 rings (SSSR count). The van der Waals surface area contributed by atoms with Crippen LogP contribution >= 0.6 is 8.07 Å². The van der Waals surface area contributed by atoms with Crippen molar-refractivity contribution in [1.82, 2.24) is 0 Å². The van der Waals surface area contributed by atoms with Gasteiger partial charge < -0.3 is 10.2 Å². The van der Waals surface area contributed by atoms with Crippen LogP contribution in [0, 0.1) is 0 Å². The van der Waals surface area contributed by atoms with Gasteiger partial charge in [-0.3, -0.25) is 10.3 Å². The van der Waals surface area contributed by atoms with Crippen LogP contribution in [0.5, 0.6) is 0 Å². The first-order chi connectivity index (χ1) is 4.46. The Kier molecular flexibility index (Phi) is 2.92. The zero-order chi connectivity index (χ0) is 8.31. The van der Waals surface area contributed by atoms with Crippen LogP contribution in [0.1, 0.15) is 0 Å². The predicted octanol–water partition coefficient (Wildman–Crippen LogP) is -0.369. The zero-order valence-electron chi connectivity index (χ0n) is 4.64. The molecule has 56 valence electrons. The number of hydrogen-bond donors (Lipinski definition) is 3. The second-order valence-corrected chi connectivity index (χ2v) is 2.79. The van der Waals surface area contributed by atoms with Crippen LogP contribution < -0.4 is 5.50 Å². The molecule has 0 heterocycles. The van der Waals surface area contributed by atoms with E-state index in [9.17, 15) is 14.4 Å². The molecule has 7 heteroatoms. The summed E-state index contributed by atoms with van der Waals surface area (Å²) in [7, 11) is -2.56. The molecule has 1 atom stereocenters. The number of aliphatic carboxylic acids is 1. The summed E-state index contributed by atoms with van der Waals surface area (Å²) >= 11 is 0. The van der Waals surface area contributed by atoms with Gasteiger partial charge in [0.15, 0.2) is 8.07 Å². The maximum Gasteiger partial charge on any atom is 0.378 e. The molecule has 0 amide bonds. The van der Waals surface area contributed by atoms with E-state index in [2.05, 4.69) is 0 Å². The number of carboxylic acid groups (broad SMARTS) is 2. The number of carbonyl (C=O) groups is 3. The third kappa shape index (κ3) is 2.08. The Morgan fingerprint density at radius 1 is 1.20 bits per heavy atom. The first-order valence-electron chi connectivity index (χ1n) is 2.01. The number of carboxylic acids is 1. The Bertz CT molecular complexity index is 189. The van der Waals surface area contributed by atoms with Crippen LogP contribution in [-0.4, -0.2) is 27.4 Å². The topological polar surface area (TPSA) is 118 Å². The van der Waals surface area contributed by atoms with Gasteiger partial charge in [0.2, 0.25) is 0 Å². The Hall–Kier alpha value is -1.00. The molecule has 0 aromatic rings. The summed E-state index contributed by atoms with van der Waals surface area (Å²) in [6.45, 7) is 0. The lowest BCUT2D eigenvalue weighted by molar-refractivity contribution is -0.145. The van der Waals surface area contributed by atoms with Crippen LogP contribution in [0.4, 0.5) is 4.79 Å². The number of carbonyl (C=O) groups excluding carboxylic acids is 1. The Morgan fingerprint density at radius 2 is 1.60 bits per heavy atom. The van der Waals surface area contributed by atoms with Gasteiger partial charge in [0.1, 0.15) is 0 Å². The highest BCUT2D eigenvalue weighted by Crippen LogP contribution is 2.26. The van der Waals surface area contributed by atoms with Gasteiger partial charge in [0.05, 0.1) is 0 Å². The van der Waals surface area contributed by atoms with Gasteiger partial charge in [0, 0.05) is 0 Å². The Balaban J connectivity index is 4.22. The molecule has 0 bridgehead atoms. The summed E-state index contributed by atoms with van der Waals surface area (Å²) in [6, 6.07) is 0. The summed E-state index contributed by atoms with van der Waals surface area (Å²) in [6.07, 6.45) is 0. The molecule has 0 saturated carbocycles. The third-order valence-corrected chi connectivity index (χ3v) is 1.65. The van der Waals surface area contributed by atoms with Crippen molar-refractivity contribution in [3.8, 4) is 0 Å². The minimum absolute atomic E-state index is 1.46. The highest BCUT2D eigenvalue weighted by Gasteiger charge is 2.27. The van der Waals surface area contributed by atoms with Crippen LogP contribution in [0.25, 0.3) is 0 Å². The first-order valence-corrected chi connectivity index (χ1v) is 3.43. The van der Waals surface area contributed by atoms with Gasteiger partial charge in [0.25, 0.3) is 5.52 Å². The maximum absolute atomic E-state index is 10.2. The highest BCUT2D eigenvalue weighted by atomic mass is 31.1. The highest BCUT2D eigenvalue weighted by molar-refractivity contribution is 7.88. The molecule has 0 saturated heterocycles. The van der Waals surface area contributed by atoms with Gasteiger partial charge >= 0.3 is 11.7 Å². The molecule has 10 heavy (non-hydrogen) atoms. The molecular weight excluding hydrogens is 161 g/mol. The van der Waals surface area contributed by atoms with E-state index >= 15 is 0 Å². The minimum Gasteiger partial charge on any atom is -0.477 e. The van der Waals surface area contributed by atoms with Crippen molar-refractivity contribution in [1.29, 1.82) is 0 Å². The lowest BCUT2D eigenvalue weighted by Crippen LogP contribution is -2.17. The van der Waals surface area contributed by atoms with Crippen molar-refractivity contribution in [2.75, 3.05) is 0 Å². The van der Waals surface area contributed by atoms with Crippen molar-refractivity contribution in [2.45, 2.75) is 0 Å². The number of hydrogen-bond acceptors (Lipinski definition) is 4. The quantitative estimate of drug-likeness (QED) is 0.387. The van der Waals surface area contributed by atoms with Crippen molar-refractivity contribution < 1.29 is 24.6 Å². The molecule has 0 aliphatic heterocycles. The maximum atomic E-state index is 10.2. The van der Waals surface area contributed by atoms with Gasteiger partial charge in [-0.1, -0.05) is 0 Å². The molecule has 0 spiro atoms. The van der Waals surface area contributed by atoms with Gasteiger partial charge in [-0.2, -0.15) is 0 Å². The summed E-state index contributed by atoms with van der Waals surface area (Å²) in [5.74, 6) is -1.81. The third-order valence-electron chi connectivity index (χ3n) is 0.608. The van der Waals surface area contributed by atoms with Gasteiger partial charge in [-0.15, -0.1) is 0 Å². The van der Waals surface area contributed by atoms with E-state index in [0.717, 1.165) is 0 Å². The SMILES string of the molecule is NP(C(=O)O)C(=O)C(=O)O. The second kappa shape index (κ2) is 3.24. The van der Waals surface area contributed by atoms with E-state index < -0.39 is 25.3 Å². The van der Waals surface area contributed by atoms with Crippen molar-refractivity contribution in [3.63, 3.8) is 0 Å². The molecule has 0 radical (unpaired) electrons. The molecule has 0 fully saturated rings.